The summed E-state index contributed by atoms with van der Waals surface area (Å²) in [5.74, 6) is 0.315. The van der Waals surface area contributed by atoms with Crippen LogP contribution in [0.1, 0.15) is 11.6 Å². The van der Waals surface area contributed by atoms with E-state index in [-0.39, 0.29) is 11.9 Å². The first-order valence-corrected chi connectivity index (χ1v) is 7.44. The Morgan fingerprint density at radius 2 is 1.76 bits per heavy atom. The molecule has 21 heavy (non-hydrogen) atoms. The van der Waals surface area contributed by atoms with E-state index in [4.69, 9.17) is 27.9 Å². The minimum absolute atomic E-state index is 0.242. The fraction of sp³-hybridized carbons (Fsp3) is 0.188. The van der Waals surface area contributed by atoms with Gasteiger partial charge in [0.15, 0.2) is 4.84 Å². The molecule has 0 spiro atoms. The Morgan fingerprint density at radius 1 is 1.10 bits per heavy atom. The Morgan fingerprint density at radius 3 is 2.48 bits per heavy atom. The quantitative estimate of drug-likeness (QED) is 0.783. The summed E-state index contributed by atoms with van der Waals surface area (Å²) in [5.41, 5.74) is 1.67. The number of ether oxygens (including phenoxy) is 1. The van der Waals surface area contributed by atoms with Crippen LogP contribution in [0.25, 0.3) is 0 Å². The van der Waals surface area contributed by atoms with Crippen LogP contribution in [0.2, 0.25) is 0 Å². The highest BCUT2D eigenvalue weighted by molar-refractivity contribution is 6.54. The average Bonchev–Trinajstić information content (AvgIpc) is 2.53. The number of carbonyl (C=O) groups excluding carboxylic acids is 1. The Hall–Kier alpha value is -1.71. The first-order chi connectivity index (χ1) is 10.2. The largest absolute Gasteiger partial charge is 0.489 e. The zero-order valence-electron chi connectivity index (χ0n) is 11.1. The second kappa shape index (κ2) is 5.96. The Balaban J connectivity index is 2.07. The highest BCUT2D eigenvalue weighted by Crippen LogP contribution is 2.40. The molecule has 3 rings (SSSR count). The number of benzene rings is 2. The summed E-state index contributed by atoms with van der Waals surface area (Å²) in [5, 5.41) is 0. The molecular weight excluding hydrogens is 309 g/mol. The summed E-state index contributed by atoms with van der Waals surface area (Å²) in [4.78, 5) is 13.0. The van der Waals surface area contributed by atoms with Crippen molar-refractivity contribution in [3.63, 3.8) is 0 Å². The number of halogens is 2. The van der Waals surface area contributed by atoms with Crippen LogP contribution in [-0.2, 0) is 4.79 Å². The molecule has 0 N–H and O–H groups in total. The minimum atomic E-state index is -1.11. The molecular formula is C16H13Cl2NO2. The molecule has 5 heteroatoms. The van der Waals surface area contributed by atoms with Gasteiger partial charge in [0.2, 0.25) is 0 Å². The molecule has 108 valence electrons. The van der Waals surface area contributed by atoms with Gasteiger partial charge in [-0.15, -0.1) is 0 Å². The monoisotopic (exact) mass is 321 g/mol. The van der Waals surface area contributed by atoms with Crippen molar-refractivity contribution in [2.75, 3.05) is 11.5 Å². The third kappa shape index (κ3) is 2.71. The van der Waals surface area contributed by atoms with E-state index in [0.29, 0.717) is 18.0 Å². The average molecular weight is 322 g/mol. The number of rotatable bonds is 2. The molecule has 0 aromatic heterocycles. The molecule has 2 aromatic rings. The summed E-state index contributed by atoms with van der Waals surface area (Å²) < 4.78 is 5.77. The van der Waals surface area contributed by atoms with Gasteiger partial charge in [-0.25, -0.2) is 0 Å². The van der Waals surface area contributed by atoms with Crippen molar-refractivity contribution in [2.45, 2.75) is 10.9 Å². The van der Waals surface area contributed by atoms with E-state index in [1.165, 1.54) is 0 Å². The third-order valence-electron chi connectivity index (χ3n) is 3.44. The number of anilines is 1. The van der Waals surface area contributed by atoms with E-state index in [0.717, 1.165) is 5.56 Å². The number of amides is 1. The zero-order chi connectivity index (χ0) is 14.8. The molecule has 1 aliphatic rings. The van der Waals surface area contributed by atoms with Crippen LogP contribution in [0.15, 0.2) is 54.6 Å². The topological polar surface area (TPSA) is 29.5 Å². The van der Waals surface area contributed by atoms with Crippen molar-refractivity contribution in [3.05, 3.63) is 60.2 Å². The molecule has 1 atom stereocenters. The number of carbonyl (C=O) groups is 1. The minimum Gasteiger partial charge on any atom is -0.489 e. The first kappa shape index (κ1) is 14.2. The zero-order valence-corrected chi connectivity index (χ0v) is 12.6. The van der Waals surface area contributed by atoms with Crippen LogP contribution in [0.5, 0.6) is 5.75 Å². The number of alkyl halides is 2. The highest BCUT2D eigenvalue weighted by atomic mass is 35.5. The molecule has 1 amide bonds. The van der Waals surface area contributed by atoms with E-state index in [2.05, 4.69) is 0 Å². The number of para-hydroxylation sites is 2. The molecule has 0 fully saturated rings. The fourth-order valence-electron chi connectivity index (χ4n) is 2.49. The van der Waals surface area contributed by atoms with Gasteiger partial charge < -0.3 is 4.74 Å². The third-order valence-corrected chi connectivity index (χ3v) is 3.81. The molecule has 0 bridgehead atoms. The molecule has 0 saturated heterocycles. The van der Waals surface area contributed by atoms with Gasteiger partial charge in [-0.2, -0.15) is 0 Å². The molecule has 0 aliphatic carbocycles. The van der Waals surface area contributed by atoms with Crippen LogP contribution >= 0.6 is 23.2 Å². The van der Waals surface area contributed by atoms with Gasteiger partial charge in [0, 0.05) is 0 Å². The van der Waals surface area contributed by atoms with Crippen LogP contribution in [0.3, 0.4) is 0 Å². The van der Waals surface area contributed by atoms with E-state index >= 15 is 0 Å². The van der Waals surface area contributed by atoms with Gasteiger partial charge in [0.05, 0.1) is 11.7 Å². The molecule has 3 nitrogen and oxygen atoms in total. The molecule has 1 heterocycles. The smallest absolute Gasteiger partial charge is 0.261 e. The Bertz CT molecular complexity index is 646. The lowest BCUT2D eigenvalue weighted by atomic mass is 10.0. The van der Waals surface area contributed by atoms with Crippen molar-refractivity contribution >= 4 is 34.8 Å². The molecule has 1 aliphatic heterocycles. The summed E-state index contributed by atoms with van der Waals surface area (Å²) in [6, 6.07) is 16.8. The predicted molar refractivity (Wildman–Crippen MR) is 84.1 cm³/mol. The summed E-state index contributed by atoms with van der Waals surface area (Å²) in [6.07, 6.45) is 0. The lowest BCUT2D eigenvalue weighted by Gasteiger charge is -2.37. The lowest BCUT2D eigenvalue weighted by molar-refractivity contribution is -0.117. The molecule has 2 aromatic carbocycles. The SMILES string of the molecule is O=C(C(Cl)Cl)N1c2ccccc2OC[C@@H]1c1ccccc1. The second-order valence-corrected chi connectivity index (χ2v) is 5.81. The maximum atomic E-state index is 12.5. The van der Waals surface area contributed by atoms with Gasteiger partial charge in [0.25, 0.3) is 5.91 Å². The standard InChI is InChI=1S/C16H13Cl2NO2/c17-15(18)16(20)19-12-8-4-5-9-14(12)21-10-13(19)11-6-2-1-3-7-11/h1-9,13,15H,10H2/t13-/m1/s1. The number of hydrogen-bond acceptors (Lipinski definition) is 2. The number of nitrogens with zero attached hydrogens (tertiary/aromatic N) is 1. The number of fused-ring (bicyclic) bond motifs is 1. The van der Waals surface area contributed by atoms with Crippen LogP contribution in [0, 0.1) is 0 Å². The Kier molecular flexibility index (Phi) is 4.04. The molecule has 0 saturated carbocycles. The molecule has 0 radical (unpaired) electrons. The van der Waals surface area contributed by atoms with Crippen molar-refractivity contribution in [1.29, 1.82) is 0 Å². The van der Waals surface area contributed by atoms with Gasteiger partial charge in [-0.1, -0.05) is 65.7 Å². The van der Waals surface area contributed by atoms with E-state index in [9.17, 15) is 4.79 Å². The van der Waals surface area contributed by atoms with E-state index in [1.807, 2.05) is 54.6 Å². The van der Waals surface area contributed by atoms with Crippen LogP contribution < -0.4 is 9.64 Å². The Labute approximate surface area is 133 Å². The summed E-state index contributed by atoms with van der Waals surface area (Å²) in [7, 11) is 0. The van der Waals surface area contributed by atoms with Crippen LogP contribution in [-0.4, -0.2) is 17.4 Å². The predicted octanol–water partition coefficient (Wildman–Crippen LogP) is 3.96. The van der Waals surface area contributed by atoms with Crippen molar-refractivity contribution < 1.29 is 9.53 Å². The van der Waals surface area contributed by atoms with Gasteiger partial charge in [0.1, 0.15) is 12.4 Å². The van der Waals surface area contributed by atoms with Gasteiger partial charge in [-0.3, -0.25) is 9.69 Å². The molecule has 0 unspecified atom stereocenters. The highest BCUT2D eigenvalue weighted by Gasteiger charge is 2.35. The summed E-state index contributed by atoms with van der Waals surface area (Å²) >= 11 is 11.6. The fourth-order valence-corrected chi connectivity index (χ4v) is 2.70. The van der Waals surface area contributed by atoms with E-state index < -0.39 is 4.84 Å². The van der Waals surface area contributed by atoms with Crippen LogP contribution in [0.4, 0.5) is 5.69 Å². The lowest BCUT2D eigenvalue weighted by Crippen LogP contribution is -2.43. The first-order valence-electron chi connectivity index (χ1n) is 6.56. The number of hydrogen-bond donors (Lipinski definition) is 0. The van der Waals surface area contributed by atoms with Gasteiger partial charge >= 0.3 is 0 Å². The normalized spacial score (nSPS) is 17.3. The second-order valence-electron chi connectivity index (χ2n) is 4.71. The van der Waals surface area contributed by atoms with Crippen molar-refractivity contribution in [2.24, 2.45) is 0 Å². The maximum Gasteiger partial charge on any atom is 0.261 e. The van der Waals surface area contributed by atoms with Gasteiger partial charge in [-0.05, 0) is 17.7 Å². The maximum absolute atomic E-state index is 12.5. The van der Waals surface area contributed by atoms with Crippen molar-refractivity contribution in [1.82, 2.24) is 0 Å². The van der Waals surface area contributed by atoms with E-state index in [1.54, 1.807) is 4.90 Å². The summed E-state index contributed by atoms with van der Waals surface area (Å²) in [6.45, 7) is 0.368. The van der Waals surface area contributed by atoms with Crippen molar-refractivity contribution in [3.8, 4) is 5.75 Å².